The standard InChI is InChI=1S/C41H48N4O9/c1-25-10-8-14-30(46)13-7-5-6-11-26-20-32(47)37(38(49)36(26)41(50)54-25)31(28-21-33(51-2)39(53-4)34(22-28)52-3)23-35(48)44-29-15-18-45(19-16-29)40-27(24-42)12-9-17-43-40/h6,9,11-12,17,20-22,25,29,31,47,49H,5,7-8,10,13-16,18-19,23H2,1-4H3,(H,44,48)/b11-6+/t25-,31?/m0/s1. The van der Waals surface area contributed by atoms with Crippen LogP contribution in [-0.4, -0.2) is 79.4 Å². The molecule has 0 bridgehead atoms. The summed E-state index contributed by atoms with van der Waals surface area (Å²) in [5.41, 5.74) is 0.980. The fourth-order valence-electron chi connectivity index (χ4n) is 7.15. The van der Waals surface area contributed by atoms with Crippen LogP contribution in [0, 0.1) is 11.3 Å². The molecule has 3 N–H and O–H groups in total. The van der Waals surface area contributed by atoms with Gasteiger partial charge >= 0.3 is 5.97 Å². The number of piperidine rings is 1. The van der Waals surface area contributed by atoms with Crippen LogP contribution in [0.3, 0.4) is 0 Å². The number of anilines is 1. The number of allylic oxidation sites excluding steroid dienone is 1. The average molecular weight is 741 g/mol. The summed E-state index contributed by atoms with van der Waals surface area (Å²) in [5.74, 6) is -1.33. The van der Waals surface area contributed by atoms with Gasteiger partial charge in [-0.05, 0) is 86.9 Å². The third-order valence-electron chi connectivity index (χ3n) is 9.95. The maximum atomic E-state index is 14.0. The number of carbonyl (C=O) groups is 3. The third-order valence-corrected chi connectivity index (χ3v) is 9.95. The number of ether oxygens (including phenoxy) is 4. The summed E-state index contributed by atoms with van der Waals surface area (Å²) in [7, 11) is 4.38. The van der Waals surface area contributed by atoms with Gasteiger partial charge < -0.3 is 39.4 Å². The number of phenols is 2. The number of nitriles is 1. The summed E-state index contributed by atoms with van der Waals surface area (Å²) >= 11 is 0. The Labute approximate surface area is 315 Å². The molecule has 0 aliphatic carbocycles. The molecular weight excluding hydrogens is 692 g/mol. The van der Waals surface area contributed by atoms with Crippen molar-refractivity contribution in [2.75, 3.05) is 39.3 Å². The highest BCUT2D eigenvalue weighted by Gasteiger charge is 2.33. The van der Waals surface area contributed by atoms with Crippen molar-refractivity contribution < 1.29 is 43.5 Å². The zero-order valence-electron chi connectivity index (χ0n) is 31.2. The van der Waals surface area contributed by atoms with E-state index in [1.807, 2.05) is 4.90 Å². The van der Waals surface area contributed by atoms with E-state index in [4.69, 9.17) is 18.9 Å². The predicted molar refractivity (Wildman–Crippen MR) is 201 cm³/mol. The van der Waals surface area contributed by atoms with Gasteiger partial charge in [0.1, 0.15) is 34.7 Å². The third kappa shape index (κ3) is 9.23. The molecule has 2 aliphatic heterocycles. The molecule has 0 radical (unpaired) electrons. The smallest absolute Gasteiger partial charge is 0.342 e. The van der Waals surface area contributed by atoms with E-state index in [1.165, 1.54) is 27.4 Å². The van der Waals surface area contributed by atoms with Gasteiger partial charge in [-0.1, -0.05) is 12.2 Å². The van der Waals surface area contributed by atoms with E-state index in [0.29, 0.717) is 98.6 Å². The van der Waals surface area contributed by atoms with Gasteiger partial charge in [-0.2, -0.15) is 5.26 Å². The van der Waals surface area contributed by atoms with Crippen LogP contribution < -0.4 is 24.4 Å². The lowest BCUT2D eigenvalue weighted by Gasteiger charge is -2.33. The molecule has 2 aliphatic rings. The molecule has 5 rings (SSSR count). The largest absolute Gasteiger partial charge is 0.507 e. The minimum atomic E-state index is -0.996. The quantitative estimate of drug-likeness (QED) is 0.212. The number of hydrogen-bond donors (Lipinski definition) is 3. The Hall–Kier alpha value is -5.77. The molecule has 54 heavy (non-hydrogen) atoms. The molecule has 0 saturated carbocycles. The van der Waals surface area contributed by atoms with E-state index in [9.17, 15) is 29.9 Å². The van der Waals surface area contributed by atoms with Crippen molar-refractivity contribution in [3.05, 3.63) is 70.4 Å². The minimum absolute atomic E-state index is 0.0445. The molecule has 3 heterocycles. The Morgan fingerprint density at radius 2 is 1.76 bits per heavy atom. The predicted octanol–water partition coefficient (Wildman–Crippen LogP) is 6.18. The lowest BCUT2D eigenvalue weighted by atomic mass is 9.84. The fraction of sp³-hybridized carbons (Fsp3) is 0.439. The molecular formula is C41H48N4O9. The highest BCUT2D eigenvalue weighted by atomic mass is 16.5. The second-order valence-electron chi connectivity index (χ2n) is 13.6. The van der Waals surface area contributed by atoms with Crippen molar-refractivity contribution in [3.8, 4) is 34.8 Å². The van der Waals surface area contributed by atoms with E-state index in [2.05, 4.69) is 16.4 Å². The van der Waals surface area contributed by atoms with Crippen LogP contribution in [0.25, 0.3) is 6.08 Å². The Morgan fingerprint density at radius 1 is 1.06 bits per heavy atom. The monoisotopic (exact) mass is 740 g/mol. The molecule has 286 valence electrons. The number of esters is 1. The van der Waals surface area contributed by atoms with Gasteiger partial charge in [-0.25, -0.2) is 9.78 Å². The van der Waals surface area contributed by atoms with Crippen LogP contribution in [0.5, 0.6) is 28.7 Å². The highest BCUT2D eigenvalue weighted by molar-refractivity contribution is 5.98. The van der Waals surface area contributed by atoms with Crippen LogP contribution in [-0.2, 0) is 14.3 Å². The lowest BCUT2D eigenvalue weighted by Crippen LogP contribution is -2.45. The van der Waals surface area contributed by atoms with Crippen molar-refractivity contribution in [1.82, 2.24) is 10.3 Å². The first-order valence-electron chi connectivity index (χ1n) is 18.3. The van der Waals surface area contributed by atoms with Crippen molar-refractivity contribution in [3.63, 3.8) is 0 Å². The SMILES string of the molecule is COc1cc(C(CC(=O)NC2CCN(c3ncccc3C#N)CC2)c2c(O)cc3c(c2O)C(=O)O[C@@H](C)CCCC(=O)CCC/C=C/3)cc(OC)c1OC. The number of methoxy groups -OCH3 is 3. The van der Waals surface area contributed by atoms with Crippen molar-refractivity contribution >= 4 is 29.6 Å². The average Bonchev–Trinajstić information content (AvgIpc) is 3.16. The zero-order valence-corrected chi connectivity index (χ0v) is 31.2. The summed E-state index contributed by atoms with van der Waals surface area (Å²) in [4.78, 5) is 46.4. The summed E-state index contributed by atoms with van der Waals surface area (Å²) in [6.45, 7) is 2.88. The number of fused-ring (bicyclic) bond motifs is 1. The molecule has 0 spiro atoms. The number of phenolic OH excluding ortho intramolecular Hbond substituents is 2. The maximum Gasteiger partial charge on any atom is 0.342 e. The van der Waals surface area contributed by atoms with Gasteiger partial charge in [0.15, 0.2) is 11.5 Å². The van der Waals surface area contributed by atoms with E-state index < -0.39 is 23.7 Å². The molecule has 1 saturated heterocycles. The second-order valence-corrected chi connectivity index (χ2v) is 13.6. The zero-order chi connectivity index (χ0) is 38.8. The number of carbonyl (C=O) groups excluding carboxylic acids is 3. The van der Waals surface area contributed by atoms with Crippen LogP contribution in [0.1, 0.15) is 103 Å². The van der Waals surface area contributed by atoms with Gasteiger partial charge in [0.25, 0.3) is 0 Å². The van der Waals surface area contributed by atoms with Crippen LogP contribution >= 0.6 is 0 Å². The molecule has 3 aromatic rings. The number of nitrogens with one attached hydrogen (secondary N) is 1. The molecule has 1 aromatic heterocycles. The fourth-order valence-corrected chi connectivity index (χ4v) is 7.15. The molecule has 13 nitrogen and oxygen atoms in total. The maximum absolute atomic E-state index is 14.0. The number of aromatic nitrogens is 1. The molecule has 1 fully saturated rings. The van der Waals surface area contributed by atoms with E-state index in [1.54, 1.807) is 49.5 Å². The first kappa shape index (κ1) is 39.4. The van der Waals surface area contributed by atoms with Crippen molar-refractivity contribution in [2.45, 2.75) is 82.8 Å². The number of rotatable bonds is 9. The van der Waals surface area contributed by atoms with Gasteiger partial charge in [0, 0.05) is 56.1 Å². The number of amides is 1. The summed E-state index contributed by atoms with van der Waals surface area (Å²) < 4.78 is 22.5. The van der Waals surface area contributed by atoms with Gasteiger partial charge in [0.05, 0.1) is 33.0 Å². The molecule has 2 aromatic carbocycles. The number of pyridine rings is 1. The number of Topliss-reactive ketones (excluding diaryl/α,β-unsaturated/α-hetero) is 1. The highest BCUT2D eigenvalue weighted by Crippen LogP contribution is 2.48. The summed E-state index contributed by atoms with van der Waals surface area (Å²) in [5, 5.41) is 36.3. The number of aromatic hydroxyl groups is 2. The first-order valence-corrected chi connectivity index (χ1v) is 18.3. The molecule has 1 amide bonds. The number of benzene rings is 2. The molecule has 13 heteroatoms. The summed E-state index contributed by atoms with van der Waals surface area (Å²) in [6, 6.07) is 10.1. The Morgan fingerprint density at radius 3 is 2.43 bits per heavy atom. The Bertz CT molecular complexity index is 1890. The Balaban J connectivity index is 1.52. The van der Waals surface area contributed by atoms with Crippen molar-refractivity contribution in [1.29, 1.82) is 5.26 Å². The first-order chi connectivity index (χ1) is 26.1. The van der Waals surface area contributed by atoms with Crippen LogP contribution in [0.2, 0.25) is 0 Å². The second kappa shape index (κ2) is 18.3. The number of ketones is 1. The molecule has 2 atom stereocenters. The topological polar surface area (TPSA) is 181 Å². The van der Waals surface area contributed by atoms with E-state index in [0.717, 1.165) is 0 Å². The van der Waals surface area contributed by atoms with Crippen LogP contribution in [0.4, 0.5) is 5.82 Å². The number of hydrogen-bond acceptors (Lipinski definition) is 12. The molecule has 1 unspecified atom stereocenters. The Kier molecular flexibility index (Phi) is 13.4. The van der Waals surface area contributed by atoms with Crippen molar-refractivity contribution in [2.24, 2.45) is 0 Å². The number of nitrogens with zero attached hydrogens (tertiary/aromatic N) is 3. The normalized spacial score (nSPS) is 18.3. The van der Waals surface area contributed by atoms with E-state index >= 15 is 0 Å². The number of cyclic esters (lactones) is 1. The van der Waals surface area contributed by atoms with E-state index in [-0.39, 0.29) is 46.6 Å². The lowest BCUT2D eigenvalue weighted by molar-refractivity contribution is -0.122. The van der Waals surface area contributed by atoms with Gasteiger partial charge in [-0.3, -0.25) is 9.59 Å². The van der Waals surface area contributed by atoms with Gasteiger partial charge in [0.2, 0.25) is 11.7 Å². The van der Waals surface area contributed by atoms with Gasteiger partial charge in [-0.15, -0.1) is 0 Å². The summed E-state index contributed by atoms with van der Waals surface area (Å²) in [6.07, 6.45) is 8.52. The minimum Gasteiger partial charge on any atom is -0.507 e. The van der Waals surface area contributed by atoms with Crippen LogP contribution in [0.15, 0.2) is 42.6 Å².